The van der Waals surface area contributed by atoms with Crippen molar-refractivity contribution in [3.63, 3.8) is 0 Å². The fourth-order valence-corrected chi connectivity index (χ4v) is 2.48. The fraction of sp³-hybridized carbons (Fsp3) is 0.0909. The number of benzene rings is 3. The third kappa shape index (κ3) is 5.11. The highest BCUT2D eigenvalue weighted by molar-refractivity contribution is 6.06. The summed E-state index contributed by atoms with van der Waals surface area (Å²) >= 11 is 0. The minimum atomic E-state index is -0.612. The van der Waals surface area contributed by atoms with Gasteiger partial charge in [0.05, 0.1) is 5.56 Å². The van der Waals surface area contributed by atoms with Gasteiger partial charge in [0.2, 0.25) is 0 Å². The SMILES string of the molecule is Cc1ccc(Oc2ccc(NC(=O)c3ccccc3OCC(N)=O)cc2)cc1. The molecule has 0 aliphatic rings. The number of carbonyl (C=O) groups is 2. The minimum absolute atomic E-state index is 0.290. The van der Waals surface area contributed by atoms with Crippen molar-refractivity contribution in [2.24, 2.45) is 5.73 Å². The third-order valence-electron chi connectivity index (χ3n) is 3.87. The average Bonchev–Trinajstić information content (AvgIpc) is 2.70. The predicted octanol–water partition coefficient (Wildman–Crippen LogP) is 3.90. The Kier molecular flexibility index (Phi) is 5.91. The molecule has 0 unspecified atom stereocenters. The molecule has 3 aromatic rings. The van der Waals surface area contributed by atoms with Crippen molar-refractivity contribution in [2.45, 2.75) is 6.92 Å². The molecule has 6 nitrogen and oxygen atoms in total. The summed E-state index contributed by atoms with van der Waals surface area (Å²) in [5.41, 5.74) is 7.16. The van der Waals surface area contributed by atoms with Gasteiger partial charge < -0.3 is 20.5 Å². The number of aryl methyl sites for hydroxylation is 1. The maximum Gasteiger partial charge on any atom is 0.259 e. The van der Waals surface area contributed by atoms with Gasteiger partial charge >= 0.3 is 0 Å². The van der Waals surface area contributed by atoms with E-state index in [2.05, 4.69) is 5.32 Å². The number of hydrogen-bond acceptors (Lipinski definition) is 4. The predicted molar refractivity (Wildman–Crippen MR) is 107 cm³/mol. The standard InChI is InChI=1S/C22H20N2O4/c1-15-6-10-17(11-7-15)28-18-12-8-16(9-13-18)24-22(26)19-4-2-3-5-20(19)27-14-21(23)25/h2-13H,14H2,1H3,(H2,23,25)(H,24,26). The smallest absolute Gasteiger partial charge is 0.259 e. The third-order valence-corrected chi connectivity index (χ3v) is 3.87. The molecule has 0 spiro atoms. The van der Waals surface area contributed by atoms with Crippen LogP contribution in [0.4, 0.5) is 5.69 Å². The number of para-hydroxylation sites is 1. The van der Waals surface area contributed by atoms with Crippen LogP contribution >= 0.6 is 0 Å². The van der Waals surface area contributed by atoms with Crippen LogP contribution in [-0.2, 0) is 4.79 Å². The van der Waals surface area contributed by atoms with Crippen LogP contribution in [-0.4, -0.2) is 18.4 Å². The molecule has 0 saturated heterocycles. The first-order chi connectivity index (χ1) is 13.5. The summed E-state index contributed by atoms with van der Waals surface area (Å²) in [6, 6.07) is 21.4. The van der Waals surface area contributed by atoms with E-state index >= 15 is 0 Å². The molecule has 3 N–H and O–H groups in total. The lowest BCUT2D eigenvalue weighted by Gasteiger charge is -2.11. The molecule has 28 heavy (non-hydrogen) atoms. The fourth-order valence-electron chi connectivity index (χ4n) is 2.48. The Balaban J connectivity index is 1.66. The molecule has 0 aliphatic carbocycles. The molecule has 0 saturated carbocycles. The molecule has 2 amide bonds. The highest BCUT2D eigenvalue weighted by atomic mass is 16.5. The lowest BCUT2D eigenvalue weighted by atomic mass is 10.2. The molecule has 0 heterocycles. The molecule has 0 radical (unpaired) electrons. The summed E-state index contributed by atoms with van der Waals surface area (Å²) in [5, 5.41) is 2.79. The molecule has 6 heteroatoms. The zero-order valence-corrected chi connectivity index (χ0v) is 15.3. The minimum Gasteiger partial charge on any atom is -0.483 e. The van der Waals surface area contributed by atoms with E-state index in [1.807, 2.05) is 31.2 Å². The van der Waals surface area contributed by atoms with Gasteiger partial charge in [0.25, 0.3) is 11.8 Å². The summed E-state index contributed by atoms with van der Waals surface area (Å²) in [5.74, 6) is 0.722. The Labute approximate surface area is 162 Å². The molecule has 0 aliphatic heterocycles. The van der Waals surface area contributed by atoms with Gasteiger partial charge in [-0.1, -0.05) is 29.8 Å². The first-order valence-corrected chi connectivity index (χ1v) is 8.67. The Morgan fingerprint density at radius 1 is 0.893 bits per heavy atom. The van der Waals surface area contributed by atoms with Crippen molar-refractivity contribution in [3.8, 4) is 17.2 Å². The van der Waals surface area contributed by atoms with Crippen LogP contribution in [0, 0.1) is 6.92 Å². The van der Waals surface area contributed by atoms with Gasteiger partial charge in [-0.3, -0.25) is 9.59 Å². The van der Waals surface area contributed by atoms with Crippen LogP contribution in [0.5, 0.6) is 17.2 Å². The molecule has 0 fully saturated rings. The van der Waals surface area contributed by atoms with E-state index in [0.717, 1.165) is 11.3 Å². The van der Waals surface area contributed by atoms with E-state index in [1.165, 1.54) is 0 Å². The Hall–Kier alpha value is -3.80. The second kappa shape index (κ2) is 8.73. The number of nitrogens with two attached hydrogens (primary N) is 1. The summed E-state index contributed by atoms with van der Waals surface area (Å²) in [4.78, 5) is 23.5. The van der Waals surface area contributed by atoms with Crippen molar-refractivity contribution >= 4 is 17.5 Å². The number of amides is 2. The first kappa shape index (κ1) is 19.0. The molecule has 0 aromatic heterocycles. The van der Waals surface area contributed by atoms with Crippen LogP contribution in [0.25, 0.3) is 0 Å². The molecule has 3 aromatic carbocycles. The Bertz CT molecular complexity index is 967. The monoisotopic (exact) mass is 376 g/mol. The maximum atomic E-state index is 12.5. The van der Waals surface area contributed by atoms with E-state index in [-0.39, 0.29) is 18.3 Å². The second-order valence-electron chi connectivity index (χ2n) is 6.14. The molecule has 0 bridgehead atoms. The van der Waals surface area contributed by atoms with Crippen molar-refractivity contribution in [1.82, 2.24) is 0 Å². The Morgan fingerprint density at radius 3 is 2.14 bits per heavy atom. The molecular formula is C22H20N2O4. The normalized spacial score (nSPS) is 10.2. The zero-order valence-electron chi connectivity index (χ0n) is 15.3. The number of primary amides is 1. The van der Waals surface area contributed by atoms with Crippen LogP contribution in [0.15, 0.2) is 72.8 Å². The van der Waals surface area contributed by atoms with E-state index < -0.39 is 5.91 Å². The topological polar surface area (TPSA) is 90.7 Å². The van der Waals surface area contributed by atoms with Gasteiger partial charge in [0.1, 0.15) is 17.2 Å². The van der Waals surface area contributed by atoms with Crippen molar-refractivity contribution < 1.29 is 19.1 Å². The summed E-state index contributed by atoms with van der Waals surface area (Å²) in [6.45, 7) is 1.72. The number of carbonyl (C=O) groups excluding carboxylic acids is 2. The van der Waals surface area contributed by atoms with E-state index in [1.54, 1.807) is 48.5 Å². The van der Waals surface area contributed by atoms with Gasteiger partial charge in [-0.15, -0.1) is 0 Å². The lowest BCUT2D eigenvalue weighted by Crippen LogP contribution is -2.21. The van der Waals surface area contributed by atoms with E-state index in [4.69, 9.17) is 15.2 Å². The van der Waals surface area contributed by atoms with Crippen molar-refractivity contribution in [2.75, 3.05) is 11.9 Å². The number of hydrogen-bond donors (Lipinski definition) is 2. The second-order valence-corrected chi connectivity index (χ2v) is 6.14. The van der Waals surface area contributed by atoms with Crippen molar-refractivity contribution in [1.29, 1.82) is 0 Å². The molecule has 142 valence electrons. The first-order valence-electron chi connectivity index (χ1n) is 8.67. The number of anilines is 1. The quantitative estimate of drug-likeness (QED) is 0.654. The maximum absolute atomic E-state index is 12.5. The lowest BCUT2D eigenvalue weighted by molar-refractivity contribution is -0.119. The van der Waals surface area contributed by atoms with Gasteiger partial charge in [-0.25, -0.2) is 0 Å². The van der Waals surface area contributed by atoms with Gasteiger partial charge in [-0.2, -0.15) is 0 Å². The van der Waals surface area contributed by atoms with Crippen LogP contribution in [0.1, 0.15) is 15.9 Å². The highest BCUT2D eigenvalue weighted by Gasteiger charge is 2.13. The van der Waals surface area contributed by atoms with E-state index in [9.17, 15) is 9.59 Å². The van der Waals surface area contributed by atoms with Crippen LogP contribution in [0.3, 0.4) is 0 Å². The van der Waals surface area contributed by atoms with Gasteiger partial charge in [-0.05, 0) is 55.5 Å². The Morgan fingerprint density at radius 2 is 1.50 bits per heavy atom. The summed E-state index contributed by atoms with van der Waals surface area (Å²) in [6.07, 6.45) is 0. The highest BCUT2D eigenvalue weighted by Crippen LogP contribution is 2.24. The van der Waals surface area contributed by atoms with Crippen LogP contribution < -0.4 is 20.5 Å². The van der Waals surface area contributed by atoms with Gasteiger partial charge in [0.15, 0.2) is 6.61 Å². The molecule has 0 atom stereocenters. The number of nitrogens with one attached hydrogen (secondary N) is 1. The van der Waals surface area contributed by atoms with E-state index in [0.29, 0.717) is 17.0 Å². The number of ether oxygens (including phenoxy) is 2. The molecular weight excluding hydrogens is 356 g/mol. The zero-order chi connectivity index (χ0) is 19.9. The summed E-state index contributed by atoms with van der Waals surface area (Å²) in [7, 11) is 0. The largest absolute Gasteiger partial charge is 0.483 e. The summed E-state index contributed by atoms with van der Waals surface area (Å²) < 4.78 is 11.1. The van der Waals surface area contributed by atoms with Gasteiger partial charge in [0, 0.05) is 5.69 Å². The van der Waals surface area contributed by atoms with Crippen LogP contribution in [0.2, 0.25) is 0 Å². The average molecular weight is 376 g/mol. The molecule has 3 rings (SSSR count). The number of rotatable bonds is 7. The van der Waals surface area contributed by atoms with Crippen molar-refractivity contribution in [3.05, 3.63) is 83.9 Å².